The minimum absolute atomic E-state index is 0.0665. The molecule has 0 radical (unpaired) electrons. The standard InChI is InChI=1S/C18H20ClN5O2S/c1-10-7-14-11(2)22-18-16(17(20-3)23-24(18)15(14)9-21-10)27(25,26)13-6-4-5-12(19)8-13/h4-6,8,10,21H,7,9H2,1-3H3,(H,20,23). The fraction of sp³-hybridized carbons (Fsp3) is 0.333. The van der Waals surface area contributed by atoms with Gasteiger partial charge in [-0.2, -0.15) is 0 Å². The molecule has 3 heterocycles. The molecule has 1 atom stereocenters. The van der Waals surface area contributed by atoms with Crippen molar-refractivity contribution in [2.45, 2.75) is 42.6 Å². The molecule has 0 amide bonds. The quantitative estimate of drug-likeness (QED) is 0.696. The lowest BCUT2D eigenvalue weighted by Crippen LogP contribution is -2.35. The van der Waals surface area contributed by atoms with Crippen molar-refractivity contribution in [3.63, 3.8) is 0 Å². The van der Waals surface area contributed by atoms with Gasteiger partial charge in [0.05, 0.1) is 10.6 Å². The molecule has 2 N–H and O–H groups in total. The van der Waals surface area contributed by atoms with Gasteiger partial charge in [0.1, 0.15) is 0 Å². The van der Waals surface area contributed by atoms with Crippen molar-refractivity contribution in [2.75, 3.05) is 12.4 Å². The summed E-state index contributed by atoms with van der Waals surface area (Å²) in [6.45, 7) is 4.64. The summed E-state index contributed by atoms with van der Waals surface area (Å²) >= 11 is 6.01. The molecule has 142 valence electrons. The monoisotopic (exact) mass is 405 g/mol. The van der Waals surface area contributed by atoms with Crippen molar-refractivity contribution in [1.82, 2.24) is 19.9 Å². The summed E-state index contributed by atoms with van der Waals surface area (Å²) in [5.41, 5.74) is 3.22. The second-order valence-electron chi connectivity index (χ2n) is 6.73. The van der Waals surface area contributed by atoms with Crippen LogP contribution in [0.3, 0.4) is 0 Å². The predicted octanol–water partition coefficient (Wildman–Crippen LogP) is 2.60. The number of hydrogen-bond acceptors (Lipinski definition) is 6. The van der Waals surface area contributed by atoms with Crippen LogP contribution in [0.5, 0.6) is 0 Å². The summed E-state index contributed by atoms with van der Waals surface area (Å²) in [5, 5.41) is 11.2. The Hall–Kier alpha value is -2.16. The zero-order valence-corrected chi connectivity index (χ0v) is 16.8. The Morgan fingerprint density at radius 1 is 1.37 bits per heavy atom. The van der Waals surface area contributed by atoms with Crippen molar-refractivity contribution < 1.29 is 8.42 Å². The zero-order chi connectivity index (χ0) is 19.3. The van der Waals surface area contributed by atoms with Crippen molar-refractivity contribution in [3.8, 4) is 0 Å². The number of fused-ring (bicyclic) bond motifs is 3. The highest BCUT2D eigenvalue weighted by molar-refractivity contribution is 7.91. The van der Waals surface area contributed by atoms with Crippen molar-refractivity contribution in [1.29, 1.82) is 0 Å². The van der Waals surface area contributed by atoms with E-state index in [1.54, 1.807) is 23.7 Å². The van der Waals surface area contributed by atoms with E-state index in [-0.39, 0.29) is 15.6 Å². The summed E-state index contributed by atoms with van der Waals surface area (Å²) < 4.78 is 28.4. The Bertz CT molecular complexity index is 1160. The lowest BCUT2D eigenvalue weighted by Gasteiger charge is -2.24. The molecule has 0 saturated carbocycles. The van der Waals surface area contributed by atoms with Gasteiger partial charge in [-0.25, -0.2) is 17.9 Å². The van der Waals surface area contributed by atoms with Crippen LogP contribution in [-0.4, -0.2) is 36.1 Å². The van der Waals surface area contributed by atoms with Crippen LogP contribution in [0.25, 0.3) is 5.65 Å². The van der Waals surface area contributed by atoms with Gasteiger partial charge in [-0.3, -0.25) is 0 Å². The van der Waals surface area contributed by atoms with Crippen LogP contribution in [-0.2, 0) is 22.8 Å². The maximum Gasteiger partial charge on any atom is 0.214 e. The first-order valence-electron chi connectivity index (χ1n) is 8.65. The summed E-state index contributed by atoms with van der Waals surface area (Å²) in [6.07, 6.45) is 0.829. The fourth-order valence-corrected chi connectivity index (χ4v) is 5.30. The van der Waals surface area contributed by atoms with E-state index in [0.717, 1.165) is 23.4 Å². The number of hydrogen-bond donors (Lipinski definition) is 2. The van der Waals surface area contributed by atoms with Crippen molar-refractivity contribution >= 4 is 32.9 Å². The smallest absolute Gasteiger partial charge is 0.214 e. The highest BCUT2D eigenvalue weighted by Crippen LogP contribution is 2.33. The minimum atomic E-state index is -3.85. The largest absolute Gasteiger partial charge is 0.370 e. The average molecular weight is 406 g/mol. The van der Waals surface area contributed by atoms with Crippen LogP contribution < -0.4 is 10.6 Å². The van der Waals surface area contributed by atoms with Crippen molar-refractivity contribution in [3.05, 3.63) is 46.2 Å². The van der Waals surface area contributed by atoms with E-state index >= 15 is 0 Å². The SMILES string of the molecule is CNc1nn2c3c(c(C)nc2c1S(=O)(=O)c1cccc(Cl)c1)CC(C)NC3. The first-order chi connectivity index (χ1) is 12.8. The second-order valence-corrected chi connectivity index (χ2v) is 9.06. The first-order valence-corrected chi connectivity index (χ1v) is 10.5. The lowest BCUT2D eigenvalue weighted by atomic mass is 9.99. The summed E-state index contributed by atoms with van der Waals surface area (Å²) in [6, 6.07) is 6.56. The molecule has 4 rings (SSSR count). The maximum absolute atomic E-state index is 13.4. The molecule has 9 heteroatoms. The minimum Gasteiger partial charge on any atom is -0.370 e. The van der Waals surface area contributed by atoms with E-state index in [1.807, 2.05) is 6.92 Å². The third-order valence-electron chi connectivity index (χ3n) is 4.87. The first kappa shape index (κ1) is 18.2. The molecule has 1 aliphatic heterocycles. The molecule has 7 nitrogen and oxygen atoms in total. The topological polar surface area (TPSA) is 88.4 Å². The summed E-state index contributed by atoms with van der Waals surface area (Å²) in [7, 11) is -2.20. The number of anilines is 1. The van der Waals surface area contributed by atoms with Crippen LogP contribution in [0.2, 0.25) is 5.02 Å². The average Bonchev–Trinajstić information content (AvgIpc) is 3.01. The maximum atomic E-state index is 13.4. The van der Waals surface area contributed by atoms with Gasteiger partial charge < -0.3 is 10.6 Å². The third kappa shape index (κ3) is 2.88. The van der Waals surface area contributed by atoms with Crippen molar-refractivity contribution in [2.24, 2.45) is 0 Å². The number of sulfone groups is 1. The Kier molecular flexibility index (Phi) is 4.37. The molecular weight excluding hydrogens is 386 g/mol. The molecular formula is C18H20ClN5O2S. The van der Waals surface area contributed by atoms with E-state index in [1.165, 1.54) is 12.1 Å². The second kappa shape index (κ2) is 6.47. The molecule has 0 aliphatic carbocycles. The normalized spacial score (nSPS) is 17.1. The highest BCUT2D eigenvalue weighted by Gasteiger charge is 2.31. The van der Waals surface area contributed by atoms with Gasteiger partial charge >= 0.3 is 0 Å². The van der Waals surface area contributed by atoms with Crippen LogP contribution in [0, 0.1) is 6.92 Å². The molecule has 1 unspecified atom stereocenters. The van der Waals surface area contributed by atoms with Crippen LogP contribution >= 0.6 is 11.6 Å². The van der Waals surface area contributed by atoms with Crippen LogP contribution in [0.4, 0.5) is 5.82 Å². The number of aromatic nitrogens is 3. The number of halogens is 1. The van der Waals surface area contributed by atoms with Gasteiger partial charge in [-0.15, -0.1) is 5.10 Å². The fourth-order valence-electron chi connectivity index (χ4n) is 3.50. The summed E-state index contributed by atoms with van der Waals surface area (Å²) in [4.78, 5) is 4.81. The Morgan fingerprint density at radius 2 is 2.15 bits per heavy atom. The van der Waals surface area contributed by atoms with Gasteiger partial charge in [-0.05, 0) is 44.0 Å². The van der Waals surface area contributed by atoms with Gasteiger partial charge in [0.15, 0.2) is 16.4 Å². The van der Waals surface area contributed by atoms with E-state index in [4.69, 9.17) is 11.6 Å². The predicted molar refractivity (Wildman–Crippen MR) is 104 cm³/mol. The molecule has 1 aliphatic rings. The Labute approximate surface area is 162 Å². The van der Waals surface area contributed by atoms with E-state index in [0.29, 0.717) is 23.3 Å². The number of benzene rings is 1. The molecule has 0 saturated heterocycles. The highest BCUT2D eigenvalue weighted by atomic mass is 35.5. The van der Waals surface area contributed by atoms with E-state index in [2.05, 4.69) is 27.6 Å². The Balaban J connectivity index is 2.03. The molecule has 2 aromatic heterocycles. The van der Waals surface area contributed by atoms with E-state index in [9.17, 15) is 8.42 Å². The molecule has 27 heavy (non-hydrogen) atoms. The number of aryl methyl sites for hydroxylation is 1. The van der Waals surface area contributed by atoms with Gasteiger partial charge in [-0.1, -0.05) is 17.7 Å². The molecule has 0 bridgehead atoms. The van der Waals surface area contributed by atoms with E-state index < -0.39 is 9.84 Å². The number of rotatable bonds is 3. The molecule has 0 fully saturated rings. The third-order valence-corrected chi connectivity index (χ3v) is 6.90. The number of nitrogens with one attached hydrogen (secondary N) is 2. The molecule has 1 aromatic carbocycles. The molecule has 3 aromatic rings. The van der Waals surface area contributed by atoms with Gasteiger partial charge in [0.25, 0.3) is 0 Å². The Morgan fingerprint density at radius 3 is 2.85 bits per heavy atom. The van der Waals surface area contributed by atoms with Crippen LogP contribution in [0.15, 0.2) is 34.1 Å². The number of nitrogens with zero attached hydrogens (tertiary/aromatic N) is 3. The van der Waals surface area contributed by atoms with Crippen LogP contribution in [0.1, 0.15) is 23.9 Å². The summed E-state index contributed by atoms with van der Waals surface area (Å²) in [5.74, 6) is 0.272. The lowest BCUT2D eigenvalue weighted by molar-refractivity contribution is 0.492. The van der Waals surface area contributed by atoms with Gasteiger partial charge in [0.2, 0.25) is 9.84 Å². The molecule has 0 spiro atoms. The zero-order valence-electron chi connectivity index (χ0n) is 15.2. The van der Waals surface area contributed by atoms with Gasteiger partial charge in [0, 0.05) is 30.4 Å².